The Hall–Kier alpha value is -3.55. The molecule has 3 heterocycles. The number of aryl methyl sites for hydroxylation is 3. The van der Waals surface area contributed by atoms with Crippen molar-refractivity contribution in [2.75, 3.05) is 39.3 Å². The topological polar surface area (TPSA) is 65.8 Å². The number of hydrogen-bond acceptors (Lipinski definition) is 5. The van der Waals surface area contributed by atoms with Gasteiger partial charge < -0.3 is 5.32 Å². The fraction of sp³-hybridized carbons (Fsp3) is 0.345. The molecule has 5 rings (SSSR count). The first-order valence-corrected chi connectivity index (χ1v) is 12.7. The summed E-state index contributed by atoms with van der Waals surface area (Å²) < 4.78 is 1.80. The molecule has 0 atom stereocenters. The molecule has 1 amide bonds. The van der Waals surface area contributed by atoms with Crippen LogP contribution in [0.1, 0.15) is 32.9 Å². The van der Waals surface area contributed by atoms with E-state index in [2.05, 4.69) is 75.6 Å². The molecule has 1 aliphatic heterocycles. The number of amides is 1. The molecule has 1 saturated heterocycles. The van der Waals surface area contributed by atoms with Crippen LogP contribution in [0.3, 0.4) is 0 Å². The Bertz CT molecular complexity index is 1360. The van der Waals surface area contributed by atoms with E-state index in [1.54, 1.807) is 10.7 Å². The minimum Gasteiger partial charge on any atom is -0.351 e. The molecule has 0 aliphatic carbocycles. The Balaban J connectivity index is 1.18. The monoisotopic (exact) mass is 482 g/mol. The molecule has 0 radical (unpaired) electrons. The third-order valence-corrected chi connectivity index (χ3v) is 7.04. The van der Waals surface area contributed by atoms with Crippen LogP contribution in [0, 0.1) is 20.8 Å². The molecular weight excluding hydrogens is 448 g/mol. The summed E-state index contributed by atoms with van der Waals surface area (Å²) in [5, 5.41) is 7.80. The van der Waals surface area contributed by atoms with Crippen LogP contribution < -0.4 is 5.32 Å². The maximum Gasteiger partial charge on any atom is 0.254 e. The van der Waals surface area contributed by atoms with Gasteiger partial charge in [-0.25, -0.2) is 9.50 Å². The second kappa shape index (κ2) is 10.6. The van der Waals surface area contributed by atoms with E-state index in [0.717, 1.165) is 67.4 Å². The number of piperazine rings is 1. The standard InChI is InChI=1S/C29H34N6O/c1-21-8-7-11-25(18-21)27-22(2)32-35-23(3)26(19-31-28(27)35)29(36)30-12-13-33-14-16-34(17-15-33)20-24-9-5-4-6-10-24/h4-11,18-19H,12-17,20H2,1-3H3,(H,30,36). The normalized spacial score (nSPS) is 14.9. The molecule has 0 unspecified atom stereocenters. The number of hydrogen-bond donors (Lipinski definition) is 1. The Kier molecular flexibility index (Phi) is 7.11. The van der Waals surface area contributed by atoms with Crippen LogP contribution in [0.15, 0.2) is 60.8 Å². The van der Waals surface area contributed by atoms with E-state index in [1.165, 1.54) is 11.1 Å². The Morgan fingerprint density at radius 1 is 0.944 bits per heavy atom. The first-order valence-electron chi connectivity index (χ1n) is 12.7. The molecule has 0 spiro atoms. The van der Waals surface area contributed by atoms with E-state index >= 15 is 0 Å². The van der Waals surface area contributed by atoms with Crippen LogP contribution in [0.5, 0.6) is 0 Å². The molecule has 2 aromatic heterocycles. The Morgan fingerprint density at radius 3 is 2.44 bits per heavy atom. The number of nitrogens with zero attached hydrogens (tertiary/aromatic N) is 5. The quantitative estimate of drug-likeness (QED) is 0.433. The van der Waals surface area contributed by atoms with Crippen molar-refractivity contribution in [2.24, 2.45) is 0 Å². The lowest BCUT2D eigenvalue weighted by Gasteiger charge is -2.34. The van der Waals surface area contributed by atoms with Crippen LogP contribution in [0.4, 0.5) is 0 Å². The first kappa shape index (κ1) is 24.2. The Morgan fingerprint density at radius 2 is 1.69 bits per heavy atom. The molecule has 186 valence electrons. The molecule has 7 nitrogen and oxygen atoms in total. The SMILES string of the molecule is Cc1cccc(-c2c(C)nn3c(C)c(C(=O)NCCN4CCN(Cc5ccccc5)CC4)cnc23)c1. The van der Waals surface area contributed by atoms with Crippen LogP contribution in [-0.4, -0.2) is 69.6 Å². The second-order valence-corrected chi connectivity index (χ2v) is 9.68. The van der Waals surface area contributed by atoms with Crippen molar-refractivity contribution in [2.45, 2.75) is 27.3 Å². The molecule has 0 bridgehead atoms. The molecule has 1 aliphatic rings. The minimum absolute atomic E-state index is 0.102. The van der Waals surface area contributed by atoms with Crippen molar-refractivity contribution < 1.29 is 4.79 Å². The lowest BCUT2D eigenvalue weighted by molar-refractivity contribution is 0.0932. The largest absolute Gasteiger partial charge is 0.351 e. The van der Waals surface area contributed by atoms with Crippen molar-refractivity contribution in [3.63, 3.8) is 0 Å². The predicted molar refractivity (Wildman–Crippen MR) is 143 cm³/mol. The summed E-state index contributed by atoms with van der Waals surface area (Å²) in [6, 6.07) is 19.0. The van der Waals surface area contributed by atoms with Gasteiger partial charge in [-0.3, -0.25) is 14.6 Å². The number of aromatic nitrogens is 3. The fourth-order valence-corrected chi connectivity index (χ4v) is 5.00. The van der Waals surface area contributed by atoms with Crippen molar-refractivity contribution in [1.82, 2.24) is 29.7 Å². The van der Waals surface area contributed by atoms with Gasteiger partial charge in [0.05, 0.1) is 17.0 Å². The van der Waals surface area contributed by atoms with Gasteiger partial charge in [-0.2, -0.15) is 5.10 Å². The zero-order valence-electron chi connectivity index (χ0n) is 21.4. The van der Waals surface area contributed by atoms with Gasteiger partial charge in [0, 0.05) is 57.6 Å². The van der Waals surface area contributed by atoms with Crippen molar-refractivity contribution in [3.05, 3.63) is 88.9 Å². The first-order chi connectivity index (χ1) is 17.5. The third kappa shape index (κ3) is 5.17. The van der Waals surface area contributed by atoms with Gasteiger partial charge in [0.25, 0.3) is 5.91 Å². The van der Waals surface area contributed by atoms with Crippen molar-refractivity contribution in [3.8, 4) is 11.1 Å². The van der Waals surface area contributed by atoms with Gasteiger partial charge in [-0.05, 0) is 31.9 Å². The zero-order valence-corrected chi connectivity index (χ0v) is 21.4. The van der Waals surface area contributed by atoms with E-state index < -0.39 is 0 Å². The summed E-state index contributed by atoms with van der Waals surface area (Å²) in [5.41, 5.74) is 7.70. The highest BCUT2D eigenvalue weighted by molar-refractivity contribution is 5.95. The van der Waals surface area contributed by atoms with E-state index in [9.17, 15) is 4.79 Å². The van der Waals surface area contributed by atoms with Gasteiger partial charge in [0.15, 0.2) is 5.65 Å². The molecular formula is C29H34N6O. The summed E-state index contributed by atoms with van der Waals surface area (Å²) in [7, 11) is 0. The number of rotatable bonds is 7. The van der Waals surface area contributed by atoms with Gasteiger partial charge in [-0.1, -0.05) is 60.2 Å². The molecule has 7 heteroatoms. The van der Waals surface area contributed by atoms with Crippen molar-refractivity contribution in [1.29, 1.82) is 0 Å². The van der Waals surface area contributed by atoms with Gasteiger partial charge in [-0.15, -0.1) is 0 Å². The van der Waals surface area contributed by atoms with Gasteiger partial charge in [0.1, 0.15) is 0 Å². The fourth-order valence-electron chi connectivity index (χ4n) is 5.00. The lowest BCUT2D eigenvalue weighted by Crippen LogP contribution is -2.48. The predicted octanol–water partition coefficient (Wildman–Crippen LogP) is 3.87. The minimum atomic E-state index is -0.102. The van der Waals surface area contributed by atoms with Crippen LogP contribution in [0.2, 0.25) is 0 Å². The summed E-state index contributed by atoms with van der Waals surface area (Å²) in [4.78, 5) is 22.6. The number of nitrogens with one attached hydrogen (secondary N) is 1. The van der Waals surface area contributed by atoms with E-state index in [0.29, 0.717) is 12.1 Å². The number of carbonyl (C=O) groups excluding carboxylic acids is 1. The average Bonchev–Trinajstić information content (AvgIpc) is 3.22. The molecule has 1 N–H and O–H groups in total. The summed E-state index contributed by atoms with van der Waals surface area (Å²) in [6.45, 7) is 12.6. The summed E-state index contributed by atoms with van der Waals surface area (Å²) in [6.07, 6.45) is 1.68. The highest BCUT2D eigenvalue weighted by Gasteiger charge is 2.20. The average molecular weight is 483 g/mol. The second-order valence-electron chi connectivity index (χ2n) is 9.68. The highest BCUT2D eigenvalue weighted by atomic mass is 16.1. The lowest BCUT2D eigenvalue weighted by atomic mass is 10.0. The summed E-state index contributed by atoms with van der Waals surface area (Å²) in [5.74, 6) is -0.102. The maximum atomic E-state index is 13.0. The van der Waals surface area contributed by atoms with Crippen LogP contribution >= 0.6 is 0 Å². The molecule has 1 fully saturated rings. The smallest absolute Gasteiger partial charge is 0.254 e. The van der Waals surface area contributed by atoms with E-state index in [4.69, 9.17) is 5.10 Å². The van der Waals surface area contributed by atoms with Crippen LogP contribution in [-0.2, 0) is 6.54 Å². The van der Waals surface area contributed by atoms with E-state index in [-0.39, 0.29) is 5.91 Å². The molecule has 0 saturated carbocycles. The number of fused-ring (bicyclic) bond motifs is 1. The summed E-state index contributed by atoms with van der Waals surface area (Å²) >= 11 is 0. The van der Waals surface area contributed by atoms with Crippen molar-refractivity contribution >= 4 is 11.6 Å². The Labute approximate surface area is 212 Å². The van der Waals surface area contributed by atoms with E-state index in [1.807, 2.05) is 19.9 Å². The zero-order chi connectivity index (χ0) is 25.1. The maximum absolute atomic E-state index is 13.0. The molecule has 36 heavy (non-hydrogen) atoms. The molecule has 4 aromatic rings. The number of carbonyl (C=O) groups is 1. The molecule has 2 aromatic carbocycles. The third-order valence-electron chi connectivity index (χ3n) is 7.04. The highest BCUT2D eigenvalue weighted by Crippen LogP contribution is 2.28. The van der Waals surface area contributed by atoms with Gasteiger partial charge >= 0.3 is 0 Å². The van der Waals surface area contributed by atoms with Crippen LogP contribution in [0.25, 0.3) is 16.8 Å². The number of benzene rings is 2. The van der Waals surface area contributed by atoms with Gasteiger partial charge in [0.2, 0.25) is 0 Å².